The van der Waals surface area contributed by atoms with Gasteiger partial charge in [0.25, 0.3) is 0 Å². The van der Waals surface area contributed by atoms with Crippen molar-refractivity contribution in [3.05, 3.63) is 128 Å². The summed E-state index contributed by atoms with van der Waals surface area (Å²) in [7, 11) is -3.37. The van der Waals surface area contributed by atoms with Gasteiger partial charge in [-0.15, -0.1) is 26.3 Å². The van der Waals surface area contributed by atoms with Crippen molar-refractivity contribution in [3.63, 3.8) is 0 Å². The summed E-state index contributed by atoms with van der Waals surface area (Å²) in [5.41, 5.74) is 2.71. The standard InChI is InChI=1S/C31H31N2O2P/c1-5-18-32(19-6-2)24-14-16-27-29(22-24)36(35,26-12-10-9-11-13-26)30-23-25(15-17-28(30)31(27)34)33(20-7-3)21-8-4/h5-17,22-23H,1-4,18-21H2. The van der Waals surface area contributed by atoms with E-state index in [1.807, 2.05) is 78.9 Å². The summed E-state index contributed by atoms with van der Waals surface area (Å²) in [5.74, 6) is -0.113. The summed E-state index contributed by atoms with van der Waals surface area (Å²) in [6.45, 7) is 17.9. The molecule has 0 radical (unpaired) electrons. The summed E-state index contributed by atoms with van der Waals surface area (Å²) in [5, 5.41) is 1.84. The average molecular weight is 495 g/mol. The minimum atomic E-state index is -3.37. The molecule has 0 atom stereocenters. The predicted molar refractivity (Wildman–Crippen MR) is 154 cm³/mol. The number of hydrogen-bond acceptors (Lipinski definition) is 4. The van der Waals surface area contributed by atoms with E-state index < -0.39 is 7.14 Å². The number of fused-ring (bicyclic) bond motifs is 2. The van der Waals surface area contributed by atoms with Gasteiger partial charge in [0.2, 0.25) is 0 Å². The maximum absolute atomic E-state index is 15.3. The van der Waals surface area contributed by atoms with Crippen LogP contribution in [0.3, 0.4) is 0 Å². The van der Waals surface area contributed by atoms with Gasteiger partial charge in [-0.05, 0) is 36.4 Å². The summed E-state index contributed by atoms with van der Waals surface area (Å²) in [6, 6.07) is 20.7. The van der Waals surface area contributed by atoms with Crippen LogP contribution in [0.2, 0.25) is 0 Å². The van der Waals surface area contributed by atoms with Crippen LogP contribution < -0.4 is 25.7 Å². The van der Waals surface area contributed by atoms with Crippen LogP contribution in [-0.2, 0) is 4.57 Å². The Bertz CT molecular complexity index is 1280. The van der Waals surface area contributed by atoms with Crippen LogP contribution in [0.25, 0.3) is 0 Å². The molecule has 3 aromatic carbocycles. The van der Waals surface area contributed by atoms with Gasteiger partial charge in [0.15, 0.2) is 12.9 Å². The molecule has 1 aliphatic heterocycles. The molecule has 3 aromatic rings. The predicted octanol–water partition coefficient (Wildman–Crippen LogP) is 5.23. The lowest BCUT2D eigenvalue weighted by Gasteiger charge is -2.32. The number of ketones is 1. The molecule has 4 rings (SSSR count). The molecule has 1 heterocycles. The van der Waals surface area contributed by atoms with Gasteiger partial charge in [0, 0.05) is 64.6 Å². The lowest BCUT2D eigenvalue weighted by Crippen LogP contribution is -2.38. The van der Waals surface area contributed by atoms with Crippen LogP contribution in [0.5, 0.6) is 0 Å². The third-order valence-corrected chi connectivity index (χ3v) is 9.50. The van der Waals surface area contributed by atoms with Gasteiger partial charge in [-0.2, -0.15) is 0 Å². The number of hydrogen-bond donors (Lipinski definition) is 0. The molecule has 5 heteroatoms. The molecule has 182 valence electrons. The van der Waals surface area contributed by atoms with E-state index in [9.17, 15) is 4.79 Å². The van der Waals surface area contributed by atoms with Crippen molar-refractivity contribution in [2.75, 3.05) is 36.0 Å². The molecule has 0 aromatic heterocycles. The summed E-state index contributed by atoms with van der Waals surface area (Å²) >= 11 is 0. The first-order chi connectivity index (χ1) is 17.5. The molecule has 0 unspecified atom stereocenters. The zero-order valence-electron chi connectivity index (χ0n) is 20.5. The third kappa shape index (κ3) is 4.41. The van der Waals surface area contributed by atoms with Crippen molar-refractivity contribution >= 4 is 40.2 Å². The van der Waals surface area contributed by atoms with Crippen molar-refractivity contribution in [2.45, 2.75) is 0 Å². The van der Waals surface area contributed by atoms with Crippen LogP contribution >= 0.6 is 7.14 Å². The number of benzene rings is 3. The normalized spacial score (nSPS) is 13.2. The van der Waals surface area contributed by atoms with E-state index in [-0.39, 0.29) is 5.78 Å². The Morgan fingerprint density at radius 3 is 1.44 bits per heavy atom. The molecule has 0 spiro atoms. The third-order valence-electron chi connectivity index (χ3n) is 6.38. The van der Waals surface area contributed by atoms with Gasteiger partial charge < -0.3 is 14.4 Å². The minimum absolute atomic E-state index is 0.113. The number of rotatable bonds is 11. The Labute approximate surface area is 213 Å². The molecule has 4 nitrogen and oxygen atoms in total. The van der Waals surface area contributed by atoms with E-state index in [1.54, 1.807) is 12.1 Å². The smallest absolute Gasteiger partial charge is 0.194 e. The van der Waals surface area contributed by atoms with E-state index in [4.69, 9.17) is 0 Å². The average Bonchev–Trinajstić information content (AvgIpc) is 2.91. The Morgan fingerprint density at radius 1 is 0.639 bits per heavy atom. The second-order valence-corrected chi connectivity index (χ2v) is 11.3. The molecular formula is C31H31N2O2P. The summed E-state index contributed by atoms with van der Waals surface area (Å²) < 4.78 is 15.3. The molecule has 0 bridgehead atoms. The van der Waals surface area contributed by atoms with Crippen LogP contribution in [0, 0.1) is 0 Å². The van der Waals surface area contributed by atoms with Crippen LogP contribution in [0.1, 0.15) is 15.9 Å². The van der Waals surface area contributed by atoms with E-state index >= 15 is 4.57 Å². The summed E-state index contributed by atoms with van der Waals surface area (Å²) in [4.78, 5) is 17.8. The minimum Gasteiger partial charge on any atom is -0.364 e. The Kier molecular flexibility index (Phi) is 7.57. The van der Waals surface area contributed by atoms with Crippen molar-refractivity contribution in [1.82, 2.24) is 0 Å². The number of carbonyl (C=O) groups excluding carboxylic acids is 1. The second kappa shape index (κ2) is 10.8. The first kappa shape index (κ1) is 25.2. The van der Waals surface area contributed by atoms with E-state index in [0.717, 1.165) is 11.4 Å². The molecule has 0 N–H and O–H groups in total. The SMILES string of the molecule is C=CCN(CC=C)c1ccc2c(c1)P(=O)(c1ccccc1)c1cc(N(CC=C)CC=C)ccc1C2=O. The Balaban J connectivity index is 2.00. The Hall–Kier alpha value is -3.88. The summed E-state index contributed by atoms with van der Waals surface area (Å²) in [6.07, 6.45) is 7.28. The highest BCUT2D eigenvalue weighted by molar-refractivity contribution is 7.85. The molecule has 0 saturated heterocycles. The van der Waals surface area contributed by atoms with Crippen molar-refractivity contribution in [2.24, 2.45) is 0 Å². The lowest BCUT2D eigenvalue weighted by atomic mass is 10.0. The van der Waals surface area contributed by atoms with E-state index in [1.165, 1.54) is 0 Å². The van der Waals surface area contributed by atoms with Gasteiger partial charge >= 0.3 is 0 Å². The Morgan fingerprint density at radius 2 is 1.06 bits per heavy atom. The fourth-order valence-electron chi connectivity index (χ4n) is 4.72. The van der Waals surface area contributed by atoms with Gasteiger partial charge in [-0.25, -0.2) is 0 Å². The van der Waals surface area contributed by atoms with Crippen LogP contribution in [-0.4, -0.2) is 32.0 Å². The quantitative estimate of drug-likeness (QED) is 0.212. The maximum Gasteiger partial charge on any atom is 0.194 e. The first-order valence-electron chi connectivity index (χ1n) is 11.9. The van der Waals surface area contributed by atoms with Gasteiger partial charge in [-0.1, -0.05) is 54.6 Å². The highest BCUT2D eigenvalue weighted by Gasteiger charge is 2.41. The molecule has 0 saturated carbocycles. The van der Waals surface area contributed by atoms with E-state index in [0.29, 0.717) is 53.2 Å². The van der Waals surface area contributed by atoms with Gasteiger partial charge in [0.1, 0.15) is 0 Å². The monoisotopic (exact) mass is 494 g/mol. The number of carbonyl (C=O) groups is 1. The fraction of sp³-hybridized carbons (Fsp3) is 0.129. The van der Waals surface area contributed by atoms with Crippen molar-refractivity contribution in [3.8, 4) is 0 Å². The largest absolute Gasteiger partial charge is 0.364 e. The lowest BCUT2D eigenvalue weighted by molar-refractivity contribution is 0.104. The molecular weight excluding hydrogens is 463 g/mol. The zero-order chi connectivity index (χ0) is 25.7. The van der Waals surface area contributed by atoms with Crippen molar-refractivity contribution < 1.29 is 9.36 Å². The first-order valence-corrected chi connectivity index (χ1v) is 13.6. The number of nitrogens with zero attached hydrogens (tertiary/aromatic N) is 2. The van der Waals surface area contributed by atoms with Crippen molar-refractivity contribution in [1.29, 1.82) is 0 Å². The highest BCUT2D eigenvalue weighted by Crippen LogP contribution is 2.48. The van der Waals surface area contributed by atoms with Gasteiger partial charge in [0.05, 0.1) is 0 Å². The molecule has 0 aliphatic carbocycles. The number of anilines is 2. The molecule has 1 aliphatic rings. The molecule has 0 amide bonds. The molecule has 36 heavy (non-hydrogen) atoms. The van der Waals surface area contributed by atoms with Crippen LogP contribution in [0.15, 0.2) is 117 Å². The van der Waals surface area contributed by atoms with Gasteiger partial charge in [-0.3, -0.25) is 4.79 Å². The molecule has 0 fully saturated rings. The zero-order valence-corrected chi connectivity index (χ0v) is 21.4. The second-order valence-electron chi connectivity index (χ2n) is 8.64. The topological polar surface area (TPSA) is 40.6 Å². The van der Waals surface area contributed by atoms with E-state index in [2.05, 4.69) is 36.1 Å². The van der Waals surface area contributed by atoms with Crippen LogP contribution in [0.4, 0.5) is 11.4 Å². The maximum atomic E-state index is 15.3. The fourth-order valence-corrected chi connectivity index (χ4v) is 7.79. The highest BCUT2D eigenvalue weighted by atomic mass is 31.2.